The van der Waals surface area contributed by atoms with E-state index in [1.54, 1.807) is 0 Å². The van der Waals surface area contributed by atoms with Gasteiger partial charge in [0, 0.05) is 0 Å². The number of aryl methyl sites for hydroxylation is 2. The van der Waals surface area contributed by atoms with Crippen LogP contribution in [-0.4, -0.2) is 5.11 Å². The van der Waals surface area contributed by atoms with Crippen LogP contribution in [0.3, 0.4) is 0 Å². The molecule has 0 spiro atoms. The van der Waals surface area contributed by atoms with E-state index in [1.165, 1.54) is 22.3 Å². The predicted molar refractivity (Wildman–Crippen MR) is 91.2 cm³/mol. The molecule has 0 fully saturated rings. The predicted octanol–water partition coefficient (Wildman–Crippen LogP) is 5.92. The quantitative estimate of drug-likeness (QED) is 0.740. The summed E-state index contributed by atoms with van der Waals surface area (Å²) in [5.41, 5.74) is 7.23. The van der Waals surface area contributed by atoms with E-state index in [1.807, 2.05) is 13.8 Å². The lowest BCUT2D eigenvalue weighted by atomic mass is 9.84. The van der Waals surface area contributed by atoms with Crippen molar-refractivity contribution in [2.75, 3.05) is 0 Å². The van der Waals surface area contributed by atoms with Gasteiger partial charge in [0.1, 0.15) is 5.75 Å². The van der Waals surface area contributed by atoms with E-state index in [9.17, 15) is 5.11 Å². The molecule has 0 saturated heterocycles. The lowest BCUT2D eigenvalue weighted by Gasteiger charge is -2.21. The average Bonchev–Trinajstić information content (AvgIpc) is 2.43. The second-order valence-corrected chi connectivity index (χ2v) is 6.58. The summed E-state index contributed by atoms with van der Waals surface area (Å²) in [5.74, 6) is 1.40. The number of phenols is 1. The molecule has 1 N–H and O–H groups in total. The van der Waals surface area contributed by atoms with Gasteiger partial charge in [-0.05, 0) is 71.2 Å². The minimum atomic E-state index is 0.407. The fraction of sp³-hybridized carbons (Fsp3) is 0.400. The van der Waals surface area contributed by atoms with E-state index in [0.29, 0.717) is 17.6 Å². The molecular weight excluding hydrogens is 256 g/mol. The van der Waals surface area contributed by atoms with Crippen LogP contribution in [0.2, 0.25) is 0 Å². The molecule has 0 aliphatic rings. The molecular formula is C20H26O. The fourth-order valence-corrected chi connectivity index (χ4v) is 3.09. The van der Waals surface area contributed by atoms with Crippen LogP contribution in [0.15, 0.2) is 30.3 Å². The van der Waals surface area contributed by atoms with Gasteiger partial charge in [-0.1, -0.05) is 45.9 Å². The number of aromatic hydroxyl groups is 1. The molecule has 2 aromatic carbocycles. The second-order valence-electron chi connectivity index (χ2n) is 6.58. The van der Waals surface area contributed by atoms with Crippen LogP contribution in [0, 0.1) is 13.8 Å². The summed E-state index contributed by atoms with van der Waals surface area (Å²) in [5, 5.41) is 10.00. The summed E-state index contributed by atoms with van der Waals surface area (Å²) >= 11 is 0. The molecule has 2 aromatic rings. The molecule has 0 bridgehead atoms. The van der Waals surface area contributed by atoms with Gasteiger partial charge in [-0.2, -0.15) is 0 Å². The molecule has 0 aliphatic heterocycles. The first-order valence-electron chi connectivity index (χ1n) is 7.76. The lowest BCUT2D eigenvalue weighted by Crippen LogP contribution is -2.01. The molecule has 1 heteroatoms. The summed E-state index contributed by atoms with van der Waals surface area (Å²) in [4.78, 5) is 0. The van der Waals surface area contributed by atoms with E-state index in [2.05, 4.69) is 58.0 Å². The van der Waals surface area contributed by atoms with Gasteiger partial charge in [0.2, 0.25) is 0 Å². The van der Waals surface area contributed by atoms with Gasteiger partial charge >= 0.3 is 0 Å². The molecule has 0 amide bonds. The highest BCUT2D eigenvalue weighted by Crippen LogP contribution is 2.37. The third-order valence-corrected chi connectivity index (χ3v) is 4.14. The number of rotatable bonds is 3. The summed E-state index contributed by atoms with van der Waals surface area (Å²) in [6, 6.07) is 10.8. The third-order valence-electron chi connectivity index (χ3n) is 4.14. The minimum Gasteiger partial charge on any atom is -0.507 e. The van der Waals surface area contributed by atoms with Gasteiger partial charge in [-0.15, -0.1) is 0 Å². The van der Waals surface area contributed by atoms with Crippen molar-refractivity contribution in [1.82, 2.24) is 0 Å². The molecule has 2 rings (SSSR count). The second kappa shape index (κ2) is 5.93. The standard InChI is InChI=1S/C20H26O/c1-12(2)17-8-7-9-18(19(17)13(3)4)16-10-14(5)20(21)15(6)11-16/h7-13,21H,1-6H3. The largest absolute Gasteiger partial charge is 0.507 e. The van der Waals surface area contributed by atoms with E-state index in [-0.39, 0.29) is 0 Å². The van der Waals surface area contributed by atoms with E-state index < -0.39 is 0 Å². The van der Waals surface area contributed by atoms with Crippen LogP contribution in [0.1, 0.15) is 61.8 Å². The molecule has 0 aliphatic carbocycles. The molecule has 0 saturated carbocycles. The van der Waals surface area contributed by atoms with Crippen LogP contribution >= 0.6 is 0 Å². The monoisotopic (exact) mass is 282 g/mol. The number of hydrogen-bond acceptors (Lipinski definition) is 1. The maximum atomic E-state index is 10.00. The Morgan fingerprint density at radius 3 is 1.90 bits per heavy atom. The highest BCUT2D eigenvalue weighted by atomic mass is 16.3. The normalized spacial score (nSPS) is 11.4. The molecule has 112 valence electrons. The lowest BCUT2D eigenvalue weighted by molar-refractivity contribution is 0.467. The van der Waals surface area contributed by atoms with Gasteiger partial charge in [0.25, 0.3) is 0 Å². The Hall–Kier alpha value is -1.76. The molecule has 0 heterocycles. The van der Waals surface area contributed by atoms with Gasteiger partial charge < -0.3 is 5.11 Å². The number of benzene rings is 2. The van der Waals surface area contributed by atoms with Crippen molar-refractivity contribution in [2.24, 2.45) is 0 Å². The molecule has 0 radical (unpaired) electrons. The average molecular weight is 282 g/mol. The SMILES string of the molecule is Cc1cc(-c2cccc(C(C)C)c2C(C)C)cc(C)c1O. The zero-order valence-electron chi connectivity index (χ0n) is 14.0. The minimum absolute atomic E-state index is 0.407. The maximum absolute atomic E-state index is 10.00. The molecule has 0 aromatic heterocycles. The van der Waals surface area contributed by atoms with Crippen molar-refractivity contribution in [3.63, 3.8) is 0 Å². The first-order chi connectivity index (χ1) is 9.82. The van der Waals surface area contributed by atoms with E-state index in [4.69, 9.17) is 0 Å². The van der Waals surface area contributed by atoms with Crippen LogP contribution in [-0.2, 0) is 0 Å². The highest BCUT2D eigenvalue weighted by molar-refractivity contribution is 5.72. The maximum Gasteiger partial charge on any atom is 0.121 e. The van der Waals surface area contributed by atoms with E-state index in [0.717, 1.165) is 11.1 Å². The zero-order chi connectivity index (χ0) is 15.7. The summed E-state index contributed by atoms with van der Waals surface area (Å²) in [6.07, 6.45) is 0. The summed E-state index contributed by atoms with van der Waals surface area (Å²) in [6.45, 7) is 12.9. The smallest absolute Gasteiger partial charge is 0.121 e. The molecule has 0 atom stereocenters. The Morgan fingerprint density at radius 1 is 0.857 bits per heavy atom. The van der Waals surface area contributed by atoms with Crippen molar-refractivity contribution in [2.45, 2.75) is 53.4 Å². The van der Waals surface area contributed by atoms with Crippen LogP contribution < -0.4 is 0 Å². The van der Waals surface area contributed by atoms with Crippen molar-refractivity contribution < 1.29 is 5.11 Å². The third kappa shape index (κ3) is 2.97. The Balaban J connectivity index is 2.72. The van der Waals surface area contributed by atoms with E-state index >= 15 is 0 Å². The summed E-state index contributed by atoms with van der Waals surface area (Å²) in [7, 11) is 0. The fourth-order valence-electron chi connectivity index (χ4n) is 3.09. The van der Waals surface area contributed by atoms with Gasteiger partial charge in [0.05, 0.1) is 0 Å². The van der Waals surface area contributed by atoms with Gasteiger partial charge in [0.15, 0.2) is 0 Å². The Kier molecular flexibility index (Phi) is 4.41. The molecule has 21 heavy (non-hydrogen) atoms. The van der Waals surface area contributed by atoms with Crippen LogP contribution in [0.25, 0.3) is 11.1 Å². The highest BCUT2D eigenvalue weighted by Gasteiger charge is 2.16. The molecule has 0 unspecified atom stereocenters. The van der Waals surface area contributed by atoms with Crippen LogP contribution in [0.4, 0.5) is 0 Å². The Morgan fingerprint density at radius 2 is 1.43 bits per heavy atom. The molecule has 1 nitrogen and oxygen atoms in total. The van der Waals surface area contributed by atoms with Crippen molar-refractivity contribution >= 4 is 0 Å². The van der Waals surface area contributed by atoms with Gasteiger partial charge in [-0.3, -0.25) is 0 Å². The first kappa shape index (κ1) is 15.6. The van der Waals surface area contributed by atoms with Crippen molar-refractivity contribution in [3.05, 3.63) is 52.6 Å². The first-order valence-corrected chi connectivity index (χ1v) is 7.76. The Labute approximate surface area is 128 Å². The van der Waals surface area contributed by atoms with Crippen LogP contribution in [0.5, 0.6) is 5.75 Å². The number of phenolic OH excluding ortho intramolecular Hbond substituents is 1. The topological polar surface area (TPSA) is 20.2 Å². The van der Waals surface area contributed by atoms with Crippen molar-refractivity contribution in [3.8, 4) is 16.9 Å². The van der Waals surface area contributed by atoms with Crippen molar-refractivity contribution in [1.29, 1.82) is 0 Å². The number of hydrogen-bond donors (Lipinski definition) is 1. The van der Waals surface area contributed by atoms with Gasteiger partial charge in [-0.25, -0.2) is 0 Å². The zero-order valence-corrected chi connectivity index (χ0v) is 14.0. The summed E-state index contributed by atoms with van der Waals surface area (Å²) < 4.78 is 0. The Bertz CT molecular complexity index is 628.